The summed E-state index contributed by atoms with van der Waals surface area (Å²) in [6, 6.07) is 13.6. The van der Waals surface area contributed by atoms with Gasteiger partial charge < -0.3 is 14.9 Å². The molecule has 1 atom stereocenters. The van der Waals surface area contributed by atoms with Crippen molar-refractivity contribution in [3.05, 3.63) is 65.9 Å². The third kappa shape index (κ3) is 2.65. The van der Waals surface area contributed by atoms with Crippen molar-refractivity contribution in [2.75, 3.05) is 0 Å². The third-order valence-electron chi connectivity index (χ3n) is 4.40. The number of nitrogens with one attached hydrogen (secondary N) is 2. The van der Waals surface area contributed by atoms with Crippen LogP contribution >= 0.6 is 0 Å². The van der Waals surface area contributed by atoms with Gasteiger partial charge in [-0.05, 0) is 43.3 Å². The highest BCUT2D eigenvalue weighted by molar-refractivity contribution is 5.98. The van der Waals surface area contributed by atoms with E-state index in [1.807, 2.05) is 31.2 Å². The van der Waals surface area contributed by atoms with Gasteiger partial charge >= 0.3 is 0 Å². The summed E-state index contributed by atoms with van der Waals surface area (Å²) < 4.78 is 15.1. The van der Waals surface area contributed by atoms with Gasteiger partial charge in [0.15, 0.2) is 0 Å². The van der Waals surface area contributed by atoms with E-state index in [0.717, 1.165) is 16.6 Å². The molecule has 2 aromatic carbocycles. The number of aromatic nitrogens is 3. The second-order valence-electron chi connectivity index (χ2n) is 6.13. The molecule has 5 nitrogen and oxygen atoms in total. The van der Waals surface area contributed by atoms with Gasteiger partial charge in [-0.2, -0.15) is 0 Å². The average molecular weight is 336 g/mol. The fourth-order valence-electron chi connectivity index (χ4n) is 3.05. The maximum Gasteiger partial charge on any atom is 0.268 e. The number of benzene rings is 2. The van der Waals surface area contributed by atoms with E-state index in [1.165, 1.54) is 12.1 Å². The SMILES string of the molecule is C[C@@H](NC(=O)c1cc2cc(F)ccc2n1C)c1nc2ccccc2[nH]1. The minimum absolute atomic E-state index is 0.230. The molecule has 0 aliphatic rings. The summed E-state index contributed by atoms with van der Waals surface area (Å²) in [4.78, 5) is 20.4. The van der Waals surface area contributed by atoms with Crippen molar-refractivity contribution in [3.63, 3.8) is 0 Å². The van der Waals surface area contributed by atoms with Gasteiger partial charge in [-0.15, -0.1) is 0 Å². The molecule has 2 N–H and O–H groups in total. The summed E-state index contributed by atoms with van der Waals surface area (Å²) >= 11 is 0. The monoisotopic (exact) mass is 336 g/mol. The number of carbonyl (C=O) groups excluding carboxylic acids is 1. The average Bonchev–Trinajstić information content (AvgIpc) is 3.16. The largest absolute Gasteiger partial charge is 0.341 e. The number of hydrogen-bond donors (Lipinski definition) is 2. The van der Waals surface area contributed by atoms with Gasteiger partial charge in [0.1, 0.15) is 17.3 Å². The van der Waals surface area contributed by atoms with Crippen molar-refractivity contribution in [1.29, 1.82) is 0 Å². The predicted octanol–water partition coefficient (Wildman–Crippen LogP) is 3.68. The lowest BCUT2D eigenvalue weighted by Crippen LogP contribution is -2.28. The van der Waals surface area contributed by atoms with Crippen LogP contribution in [0.4, 0.5) is 4.39 Å². The highest BCUT2D eigenvalue weighted by Gasteiger charge is 2.18. The van der Waals surface area contributed by atoms with E-state index in [1.54, 1.807) is 23.7 Å². The maximum atomic E-state index is 13.4. The normalized spacial score (nSPS) is 12.6. The molecule has 0 fully saturated rings. The number of aromatic amines is 1. The Morgan fingerprint density at radius 3 is 2.84 bits per heavy atom. The molecule has 0 aliphatic carbocycles. The minimum atomic E-state index is -0.319. The second kappa shape index (κ2) is 5.73. The second-order valence-corrected chi connectivity index (χ2v) is 6.13. The zero-order chi connectivity index (χ0) is 17.6. The summed E-state index contributed by atoms with van der Waals surface area (Å²) in [5, 5.41) is 3.64. The fraction of sp³-hybridized carbons (Fsp3) is 0.158. The Bertz CT molecular complexity index is 1060. The molecule has 4 aromatic rings. The van der Waals surface area contributed by atoms with Crippen molar-refractivity contribution >= 4 is 27.8 Å². The van der Waals surface area contributed by atoms with Gasteiger partial charge in [-0.1, -0.05) is 12.1 Å². The van der Waals surface area contributed by atoms with E-state index >= 15 is 0 Å². The van der Waals surface area contributed by atoms with Crippen molar-refractivity contribution in [2.24, 2.45) is 7.05 Å². The van der Waals surface area contributed by atoms with Gasteiger partial charge in [0.05, 0.1) is 17.1 Å². The van der Waals surface area contributed by atoms with Gasteiger partial charge in [0, 0.05) is 18.0 Å². The Balaban J connectivity index is 1.62. The number of amides is 1. The molecule has 25 heavy (non-hydrogen) atoms. The number of imidazole rings is 1. The molecule has 2 heterocycles. The van der Waals surface area contributed by atoms with Crippen LogP contribution in [0.2, 0.25) is 0 Å². The molecule has 0 unspecified atom stereocenters. The minimum Gasteiger partial charge on any atom is -0.341 e. The van der Waals surface area contributed by atoms with Crippen LogP contribution < -0.4 is 5.32 Å². The van der Waals surface area contributed by atoms with E-state index < -0.39 is 0 Å². The summed E-state index contributed by atoms with van der Waals surface area (Å²) in [7, 11) is 1.79. The van der Waals surface area contributed by atoms with Crippen LogP contribution in [0.5, 0.6) is 0 Å². The zero-order valence-electron chi connectivity index (χ0n) is 13.9. The number of carbonyl (C=O) groups is 1. The number of halogens is 1. The molecule has 126 valence electrons. The van der Waals surface area contributed by atoms with E-state index in [-0.39, 0.29) is 17.8 Å². The molecule has 0 saturated carbocycles. The number of H-pyrrole nitrogens is 1. The van der Waals surface area contributed by atoms with Crippen LogP contribution in [-0.4, -0.2) is 20.4 Å². The molecule has 0 aliphatic heterocycles. The topological polar surface area (TPSA) is 62.7 Å². The summed E-state index contributed by atoms with van der Waals surface area (Å²) in [5.41, 5.74) is 3.07. The Hall–Kier alpha value is -3.15. The first-order valence-corrected chi connectivity index (χ1v) is 8.03. The molecular formula is C19H17FN4O. The first-order chi connectivity index (χ1) is 12.0. The maximum absolute atomic E-state index is 13.4. The standard InChI is InChI=1S/C19H17FN4O/c1-11(18-22-14-5-3-4-6-15(14)23-18)21-19(25)17-10-12-9-13(20)7-8-16(12)24(17)2/h3-11H,1-2H3,(H,21,25)(H,22,23)/t11-/m1/s1. The number of hydrogen-bond acceptors (Lipinski definition) is 2. The van der Waals surface area contributed by atoms with Crippen LogP contribution in [0.1, 0.15) is 29.3 Å². The van der Waals surface area contributed by atoms with Crippen LogP contribution in [0.3, 0.4) is 0 Å². The molecule has 2 aromatic heterocycles. The molecule has 4 rings (SSSR count). The van der Waals surface area contributed by atoms with Crippen LogP contribution in [0.25, 0.3) is 21.9 Å². The molecule has 0 bridgehead atoms. The van der Waals surface area contributed by atoms with E-state index in [0.29, 0.717) is 16.9 Å². The molecule has 0 radical (unpaired) electrons. The quantitative estimate of drug-likeness (QED) is 0.599. The Morgan fingerprint density at radius 2 is 2.04 bits per heavy atom. The van der Waals surface area contributed by atoms with Crippen molar-refractivity contribution in [2.45, 2.75) is 13.0 Å². The van der Waals surface area contributed by atoms with Crippen molar-refractivity contribution < 1.29 is 9.18 Å². The number of aryl methyl sites for hydroxylation is 1. The summed E-state index contributed by atoms with van der Waals surface area (Å²) in [6.45, 7) is 1.87. The number of para-hydroxylation sites is 2. The lowest BCUT2D eigenvalue weighted by atomic mass is 10.2. The predicted molar refractivity (Wildman–Crippen MR) is 94.9 cm³/mol. The molecule has 0 spiro atoms. The highest BCUT2D eigenvalue weighted by Crippen LogP contribution is 2.21. The van der Waals surface area contributed by atoms with Crippen LogP contribution in [0, 0.1) is 5.82 Å². The van der Waals surface area contributed by atoms with Crippen molar-refractivity contribution in [1.82, 2.24) is 19.9 Å². The summed E-state index contributed by atoms with van der Waals surface area (Å²) in [6.07, 6.45) is 0. The van der Waals surface area contributed by atoms with Gasteiger partial charge in [-0.25, -0.2) is 9.37 Å². The third-order valence-corrected chi connectivity index (χ3v) is 4.40. The molecule has 0 saturated heterocycles. The number of nitrogens with zero attached hydrogens (tertiary/aromatic N) is 2. The Labute approximate surface area is 143 Å². The van der Waals surface area contributed by atoms with Crippen LogP contribution in [-0.2, 0) is 7.05 Å². The van der Waals surface area contributed by atoms with E-state index in [4.69, 9.17) is 0 Å². The lowest BCUT2D eigenvalue weighted by molar-refractivity contribution is 0.0930. The number of rotatable bonds is 3. The van der Waals surface area contributed by atoms with Gasteiger partial charge in [0.25, 0.3) is 5.91 Å². The first kappa shape index (κ1) is 15.4. The zero-order valence-corrected chi connectivity index (χ0v) is 13.9. The lowest BCUT2D eigenvalue weighted by Gasteiger charge is -2.12. The van der Waals surface area contributed by atoms with E-state index in [2.05, 4.69) is 15.3 Å². The van der Waals surface area contributed by atoms with E-state index in [9.17, 15) is 9.18 Å². The summed E-state index contributed by atoms with van der Waals surface area (Å²) in [5.74, 6) is 0.145. The first-order valence-electron chi connectivity index (χ1n) is 8.03. The van der Waals surface area contributed by atoms with Crippen LogP contribution in [0.15, 0.2) is 48.5 Å². The Kier molecular flexibility index (Phi) is 3.53. The molecular weight excluding hydrogens is 319 g/mol. The fourth-order valence-corrected chi connectivity index (χ4v) is 3.05. The smallest absolute Gasteiger partial charge is 0.268 e. The van der Waals surface area contributed by atoms with Gasteiger partial charge in [0.2, 0.25) is 0 Å². The molecule has 6 heteroatoms. The molecule has 1 amide bonds. The van der Waals surface area contributed by atoms with Gasteiger partial charge in [-0.3, -0.25) is 4.79 Å². The Morgan fingerprint density at radius 1 is 1.24 bits per heavy atom. The number of fused-ring (bicyclic) bond motifs is 2. The highest BCUT2D eigenvalue weighted by atomic mass is 19.1. The van der Waals surface area contributed by atoms with Crippen molar-refractivity contribution in [3.8, 4) is 0 Å².